The highest BCUT2D eigenvalue weighted by molar-refractivity contribution is 5.14. The van der Waals surface area contributed by atoms with Gasteiger partial charge >= 0.3 is 0 Å². The number of fused-ring (bicyclic) bond motifs is 5. The van der Waals surface area contributed by atoms with Gasteiger partial charge in [-0.15, -0.1) is 0 Å². The van der Waals surface area contributed by atoms with Gasteiger partial charge in [0.05, 0.1) is 24.4 Å². The van der Waals surface area contributed by atoms with Crippen LogP contribution in [0, 0.1) is 34.5 Å². The van der Waals surface area contributed by atoms with E-state index < -0.39 is 0 Å². The molecule has 6 heteroatoms. The van der Waals surface area contributed by atoms with Gasteiger partial charge in [0.1, 0.15) is 0 Å². The molecule has 4 saturated carbocycles. The number of likely N-dealkylation sites (tertiary alicyclic amines) is 2. The molecule has 6 rings (SSSR count). The van der Waals surface area contributed by atoms with Gasteiger partial charge in [0.2, 0.25) is 0 Å². The van der Waals surface area contributed by atoms with Crippen molar-refractivity contribution in [1.29, 1.82) is 0 Å². The van der Waals surface area contributed by atoms with E-state index in [1.807, 2.05) is 0 Å². The van der Waals surface area contributed by atoms with Crippen molar-refractivity contribution >= 4 is 0 Å². The second-order valence-electron chi connectivity index (χ2n) is 14.1. The van der Waals surface area contributed by atoms with Crippen molar-refractivity contribution in [1.82, 2.24) is 9.80 Å². The molecule has 0 radical (unpaired) electrons. The fourth-order valence-corrected chi connectivity index (χ4v) is 10.4. The zero-order valence-corrected chi connectivity index (χ0v) is 22.1. The Balaban J connectivity index is 1.21. The lowest BCUT2D eigenvalue weighted by Crippen LogP contribution is -2.60. The van der Waals surface area contributed by atoms with Crippen LogP contribution < -0.4 is 0 Å². The molecule has 0 aromatic heterocycles. The SMILES string of the molecule is C[C@]12C[C@H](N3CCC(O)CC3)[C@@H](O)C[C@@H]1CC[C@@H]1[C@@H]2CC[C@]2(C)[C@@H](O)[C@@H](N3CCC(O)CC3)C[C@@H]12. The average Bonchev–Trinajstić information content (AvgIpc) is 3.11. The molecule has 0 bridgehead atoms. The van der Waals surface area contributed by atoms with Crippen LogP contribution in [0.25, 0.3) is 0 Å². The lowest BCUT2D eigenvalue weighted by molar-refractivity contribution is -0.156. The first kappa shape index (κ1) is 25.1. The molecule has 0 spiro atoms. The van der Waals surface area contributed by atoms with Gasteiger partial charge in [0, 0.05) is 38.3 Å². The van der Waals surface area contributed by atoms with Crippen LogP contribution in [0.1, 0.15) is 84.5 Å². The van der Waals surface area contributed by atoms with Crippen molar-refractivity contribution in [2.45, 2.75) is 121 Å². The summed E-state index contributed by atoms with van der Waals surface area (Å²) in [5.41, 5.74) is 0.282. The van der Waals surface area contributed by atoms with E-state index in [2.05, 4.69) is 23.6 Å². The minimum atomic E-state index is -0.255. The number of nitrogens with zero attached hydrogens (tertiary/aromatic N) is 2. The van der Waals surface area contributed by atoms with E-state index in [9.17, 15) is 20.4 Å². The van der Waals surface area contributed by atoms with Crippen LogP contribution in [-0.4, -0.2) is 92.9 Å². The quantitative estimate of drug-likeness (QED) is 0.476. The average molecular weight is 491 g/mol. The molecule has 10 atom stereocenters. The first-order valence-electron chi connectivity index (χ1n) is 14.9. The standard InChI is InChI=1S/C29H50N2O4/c1-28-10-5-22-21(23(28)16-24(27(28)35)30-11-6-19(32)7-12-30)4-3-18-15-26(34)25(17-29(18,22)2)31-13-8-20(33)9-14-31/h18-27,32-35H,3-17H2,1-2H3/t18-,21+,22-,23-,24-,25-,26-,27-,28-,29-/m0/s1. The summed E-state index contributed by atoms with van der Waals surface area (Å²) in [5, 5.41) is 42.9. The molecule has 4 aliphatic carbocycles. The number of hydrogen-bond donors (Lipinski definition) is 4. The topological polar surface area (TPSA) is 87.4 Å². The lowest BCUT2D eigenvalue weighted by atomic mass is 9.44. The van der Waals surface area contributed by atoms with Crippen molar-refractivity contribution in [2.75, 3.05) is 26.2 Å². The maximum absolute atomic E-state index is 11.7. The molecule has 0 amide bonds. The van der Waals surface area contributed by atoms with Crippen molar-refractivity contribution in [2.24, 2.45) is 34.5 Å². The largest absolute Gasteiger partial charge is 0.393 e. The first-order chi connectivity index (χ1) is 16.7. The number of rotatable bonds is 2. The van der Waals surface area contributed by atoms with E-state index in [0.29, 0.717) is 23.7 Å². The Morgan fingerprint density at radius 2 is 1.23 bits per heavy atom. The molecular weight excluding hydrogens is 440 g/mol. The van der Waals surface area contributed by atoms with Crippen LogP contribution in [0.15, 0.2) is 0 Å². The molecule has 2 aliphatic heterocycles. The van der Waals surface area contributed by atoms with Crippen LogP contribution in [0.3, 0.4) is 0 Å². The van der Waals surface area contributed by atoms with Gasteiger partial charge < -0.3 is 20.4 Å². The third-order valence-electron chi connectivity index (χ3n) is 12.6. The fraction of sp³-hybridized carbons (Fsp3) is 1.00. The van der Waals surface area contributed by atoms with Crippen molar-refractivity contribution in [3.8, 4) is 0 Å². The summed E-state index contributed by atoms with van der Waals surface area (Å²) < 4.78 is 0. The Bertz CT molecular complexity index is 766. The van der Waals surface area contributed by atoms with Crippen LogP contribution >= 0.6 is 0 Å². The van der Waals surface area contributed by atoms with Crippen LogP contribution in [0.2, 0.25) is 0 Å². The maximum Gasteiger partial charge on any atom is 0.0751 e. The Morgan fingerprint density at radius 1 is 0.629 bits per heavy atom. The molecule has 0 unspecified atom stereocenters. The monoisotopic (exact) mass is 490 g/mol. The highest BCUT2D eigenvalue weighted by Gasteiger charge is 2.63. The van der Waals surface area contributed by atoms with E-state index in [1.165, 1.54) is 19.3 Å². The normalized spacial score (nSPS) is 52.6. The van der Waals surface area contributed by atoms with Crippen molar-refractivity contribution < 1.29 is 20.4 Å². The van der Waals surface area contributed by atoms with Gasteiger partial charge in [-0.25, -0.2) is 0 Å². The predicted octanol–water partition coefficient (Wildman–Crippen LogP) is 2.62. The lowest BCUT2D eigenvalue weighted by Gasteiger charge is -2.62. The summed E-state index contributed by atoms with van der Waals surface area (Å²) in [6.45, 7) is 8.61. The van der Waals surface area contributed by atoms with Gasteiger partial charge in [0.15, 0.2) is 0 Å². The summed E-state index contributed by atoms with van der Waals surface area (Å²) >= 11 is 0. The van der Waals surface area contributed by atoms with Crippen molar-refractivity contribution in [3.05, 3.63) is 0 Å². The molecule has 2 saturated heterocycles. The minimum absolute atomic E-state index is 0.0156. The van der Waals surface area contributed by atoms with Crippen LogP contribution in [0.4, 0.5) is 0 Å². The minimum Gasteiger partial charge on any atom is -0.393 e. The molecule has 2 heterocycles. The van der Waals surface area contributed by atoms with Crippen LogP contribution in [-0.2, 0) is 0 Å². The third kappa shape index (κ3) is 4.04. The molecular formula is C29H50N2O4. The molecule has 35 heavy (non-hydrogen) atoms. The first-order valence-corrected chi connectivity index (χ1v) is 14.9. The maximum atomic E-state index is 11.7. The van der Waals surface area contributed by atoms with E-state index >= 15 is 0 Å². The molecule has 0 aromatic rings. The number of aliphatic hydroxyl groups excluding tert-OH is 4. The number of hydrogen-bond acceptors (Lipinski definition) is 6. The molecule has 6 aliphatic rings. The van der Waals surface area contributed by atoms with E-state index in [-0.39, 0.29) is 47.3 Å². The van der Waals surface area contributed by atoms with Gasteiger partial charge in [0.25, 0.3) is 0 Å². The highest BCUT2D eigenvalue weighted by atomic mass is 16.3. The smallest absolute Gasteiger partial charge is 0.0751 e. The summed E-state index contributed by atoms with van der Waals surface area (Å²) in [6.07, 6.45) is 10.5. The van der Waals surface area contributed by atoms with E-state index in [1.54, 1.807) is 0 Å². The summed E-state index contributed by atoms with van der Waals surface area (Å²) in [5.74, 6) is 2.57. The summed E-state index contributed by atoms with van der Waals surface area (Å²) in [6, 6.07) is 0.486. The Labute approximate surface area is 212 Å². The van der Waals surface area contributed by atoms with E-state index in [4.69, 9.17) is 0 Å². The second kappa shape index (κ2) is 9.20. The van der Waals surface area contributed by atoms with Gasteiger partial charge in [-0.3, -0.25) is 9.80 Å². The number of piperidine rings is 2. The number of aliphatic hydroxyl groups is 4. The molecule has 4 N–H and O–H groups in total. The molecule has 6 nitrogen and oxygen atoms in total. The van der Waals surface area contributed by atoms with Gasteiger partial charge in [-0.05, 0) is 105 Å². The third-order valence-corrected chi connectivity index (χ3v) is 12.6. The summed E-state index contributed by atoms with van der Waals surface area (Å²) in [4.78, 5) is 5.00. The second-order valence-corrected chi connectivity index (χ2v) is 14.1. The van der Waals surface area contributed by atoms with Crippen LogP contribution in [0.5, 0.6) is 0 Å². The van der Waals surface area contributed by atoms with Gasteiger partial charge in [-0.2, -0.15) is 0 Å². The summed E-state index contributed by atoms with van der Waals surface area (Å²) in [7, 11) is 0. The zero-order chi connectivity index (χ0) is 24.5. The predicted molar refractivity (Wildman–Crippen MR) is 136 cm³/mol. The molecule has 6 fully saturated rings. The fourth-order valence-electron chi connectivity index (χ4n) is 10.4. The van der Waals surface area contributed by atoms with Gasteiger partial charge in [-0.1, -0.05) is 13.8 Å². The zero-order valence-electron chi connectivity index (χ0n) is 22.1. The molecule has 200 valence electrons. The Morgan fingerprint density at radius 3 is 1.86 bits per heavy atom. The highest BCUT2D eigenvalue weighted by Crippen LogP contribution is 2.66. The molecule has 0 aromatic carbocycles. The van der Waals surface area contributed by atoms with Crippen molar-refractivity contribution in [3.63, 3.8) is 0 Å². The van der Waals surface area contributed by atoms with E-state index in [0.717, 1.165) is 77.5 Å². The Hall–Kier alpha value is -0.240. The Kier molecular flexibility index (Phi) is 6.59.